The van der Waals surface area contributed by atoms with Crippen molar-refractivity contribution in [2.75, 3.05) is 11.1 Å². The quantitative estimate of drug-likeness (QED) is 0.476. The van der Waals surface area contributed by atoms with E-state index in [1.165, 1.54) is 47.4 Å². The summed E-state index contributed by atoms with van der Waals surface area (Å²) < 4.78 is 1.62. The van der Waals surface area contributed by atoms with Gasteiger partial charge in [0.1, 0.15) is 4.83 Å². The number of carboxylic acids is 1. The summed E-state index contributed by atoms with van der Waals surface area (Å²) in [7, 11) is 0. The molecule has 152 valence electrons. The summed E-state index contributed by atoms with van der Waals surface area (Å²) in [5.74, 6) is -1.49. The van der Waals surface area contributed by atoms with Gasteiger partial charge in [-0.2, -0.15) is 0 Å². The number of benzene rings is 1. The van der Waals surface area contributed by atoms with Gasteiger partial charge in [-0.3, -0.25) is 14.2 Å². The number of fused-ring (bicyclic) bond motifs is 1. The van der Waals surface area contributed by atoms with Gasteiger partial charge in [-0.1, -0.05) is 23.9 Å². The molecular formula is C20H20N3O4S2-. The summed E-state index contributed by atoms with van der Waals surface area (Å²) in [6.45, 7) is 7.71. The number of amides is 1. The predicted molar refractivity (Wildman–Crippen MR) is 114 cm³/mol. The number of carboxylic acid groups (broad SMARTS) is 1. The highest BCUT2D eigenvalue weighted by molar-refractivity contribution is 7.99. The van der Waals surface area contributed by atoms with Gasteiger partial charge in [-0.15, -0.1) is 11.3 Å². The third kappa shape index (κ3) is 4.35. The lowest BCUT2D eigenvalue weighted by Crippen LogP contribution is -2.25. The summed E-state index contributed by atoms with van der Waals surface area (Å²) in [6.07, 6.45) is 0. The second kappa shape index (κ2) is 8.38. The average Bonchev–Trinajstić information content (AvgIpc) is 2.94. The van der Waals surface area contributed by atoms with Gasteiger partial charge in [0.25, 0.3) is 5.56 Å². The summed E-state index contributed by atoms with van der Waals surface area (Å²) in [6, 6.07) is 5.64. The molecule has 0 atom stereocenters. The van der Waals surface area contributed by atoms with Gasteiger partial charge in [-0.05, 0) is 51.0 Å². The molecule has 0 radical (unpaired) electrons. The van der Waals surface area contributed by atoms with E-state index in [1.54, 1.807) is 4.57 Å². The Kier molecular flexibility index (Phi) is 6.09. The first-order valence-electron chi connectivity index (χ1n) is 8.95. The highest BCUT2D eigenvalue weighted by Gasteiger charge is 2.19. The number of hydrogen-bond acceptors (Lipinski definition) is 7. The standard InChI is InChI=1S/C20H21N3O4S2/c1-10(2)23-18(25)16-11(3)12(4)29-17(16)22-20(23)28-9-15(24)21-14-7-5-13(6-8-14)19(26)27/h5-8,10H,9H2,1-4H3,(H,21,24)(H,26,27)/p-1. The number of thioether (sulfide) groups is 1. The van der Waals surface area contributed by atoms with Crippen molar-refractivity contribution >= 4 is 50.9 Å². The van der Waals surface area contributed by atoms with E-state index in [4.69, 9.17) is 0 Å². The lowest BCUT2D eigenvalue weighted by Gasteiger charge is -2.15. The Morgan fingerprint density at radius 1 is 1.24 bits per heavy atom. The van der Waals surface area contributed by atoms with Gasteiger partial charge >= 0.3 is 0 Å². The van der Waals surface area contributed by atoms with Crippen LogP contribution in [0.3, 0.4) is 0 Å². The van der Waals surface area contributed by atoms with E-state index >= 15 is 0 Å². The minimum Gasteiger partial charge on any atom is -0.545 e. The van der Waals surface area contributed by atoms with Crippen LogP contribution >= 0.6 is 23.1 Å². The topological polar surface area (TPSA) is 104 Å². The van der Waals surface area contributed by atoms with E-state index in [2.05, 4.69) is 10.3 Å². The van der Waals surface area contributed by atoms with Crippen molar-refractivity contribution in [3.63, 3.8) is 0 Å². The summed E-state index contributed by atoms with van der Waals surface area (Å²) >= 11 is 2.67. The molecule has 9 heteroatoms. The monoisotopic (exact) mass is 430 g/mol. The number of anilines is 1. The number of nitrogens with zero attached hydrogens (tertiary/aromatic N) is 2. The maximum absolute atomic E-state index is 13.0. The molecule has 0 aliphatic heterocycles. The molecule has 0 aliphatic rings. The molecule has 29 heavy (non-hydrogen) atoms. The molecule has 0 fully saturated rings. The smallest absolute Gasteiger partial charge is 0.263 e. The van der Waals surface area contributed by atoms with E-state index in [0.29, 0.717) is 21.1 Å². The molecule has 7 nitrogen and oxygen atoms in total. The Hall–Kier alpha value is -2.65. The number of hydrogen-bond donors (Lipinski definition) is 1. The molecule has 0 saturated carbocycles. The molecule has 2 aromatic heterocycles. The number of nitrogens with one attached hydrogen (secondary N) is 1. The van der Waals surface area contributed by atoms with E-state index in [-0.39, 0.29) is 28.8 Å². The Bertz CT molecular complexity index is 1150. The average molecular weight is 431 g/mol. The first kappa shape index (κ1) is 21.1. The molecule has 0 aliphatic carbocycles. The van der Waals surface area contributed by atoms with Crippen LogP contribution in [0.15, 0.2) is 34.2 Å². The molecule has 3 rings (SSSR count). The Balaban J connectivity index is 1.80. The summed E-state index contributed by atoms with van der Waals surface area (Å²) in [5.41, 5.74) is 1.38. The largest absolute Gasteiger partial charge is 0.545 e. The van der Waals surface area contributed by atoms with Crippen molar-refractivity contribution < 1.29 is 14.7 Å². The van der Waals surface area contributed by atoms with Gasteiger partial charge in [0.05, 0.1) is 17.1 Å². The maximum Gasteiger partial charge on any atom is 0.263 e. The van der Waals surface area contributed by atoms with Crippen molar-refractivity contribution in [1.29, 1.82) is 0 Å². The second-order valence-corrected chi connectivity index (χ2v) is 8.97. The highest BCUT2D eigenvalue weighted by Crippen LogP contribution is 2.29. The Morgan fingerprint density at radius 2 is 1.90 bits per heavy atom. The van der Waals surface area contributed by atoms with Crippen molar-refractivity contribution in [2.45, 2.75) is 38.9 Å². The number of carbonyl (C=O) groups is 2. The van der Waals surface area contributed by atoms with Crippen LogP contribution in [0.1, 0.15) is 40.7 Å². The number of aromatic nitrogens is 2. The molecule has 0 saturated heterocycles. The summed E-state index contributed by atoms with van der Waals surface area (Å²) in [5, 5.41) is 14.6. The van der Waals surface area contributed by atoms with Crippen LogP contribution in [0.4, 0.5) is 5.69 Å². The maximum atomic E-state index is 13.0. The first-order chi connectivity index (χ1) is 13.7. The third-order valence-electron chi connectivity index (χ3n) is 4.46. The van der Waals surface area contributed by atoms with Crippen LogP contribution < -0.4 is 16.0 Å². The highest BCUT2D eigenvalue weighted by atomic mass is 32.2. The fourth-order valence-electron chi connectivity index (χ4n) is 2.86. The predicted octanol–water partition coefficient (Wildman–Crippen LogP) is 2.75. The fourth-order valence-corrected chi connectivity index (χ4v) is 4.86. The van der Waals surface area contributed by atoms with Gasteiger partial charge in [0.2, 0.25) is 5.91 Å². The number of aryl methyl sites for hydroxylation is 2. The molecular weight excluding hydrogens is 410 g/mol. The normalized spacial score (nSPS) is 11.2. The number of thiophene rings is 1. The van der Waals surface area contributed by atoms with Gasteiger partial charge < -0.3 is 15.2 Å². The second-order valence-electron chi connectivity index (χ2n) is 6.83. The lowest BCUT2D eigenvalue weighted by molar-refractivity contribution is -0.255. The number of rotatable bonds is 6. The molecule has 2 heterocycles. The first-order valence-corrected chi connectivity index (χ1v) is 10.8. The summed E-state index contributed by atoms with van der Waals surface area (Å²) in [4.78, 5) is 42.5. The van der Waals surface area contributed by atoms with Crippen LogP contribution in [0, 0.1) is 13.8 Å². The molecule has 1 N–H and O–H groups in total. The van der Waals surface area contributed by atoms with Gasteiger partial charge in [0, 0.05) is 16.6 Å². The van der Waals surface area contributed by atoms with E-state index < -0.39 is 5.97 Å². The van der Waals surface area contributed by atoms with Gasteiger partial charge in [0.15, 0.2) is 5.16 Å². The van der Waals surface area contributed by atoms with Crippen LogP contribution in [0.5, 0.6) is 0 Å². The molecule has 1 amide bonds. The van der Waals surface area contributed by atoms with Crippen molar-refractivity contribution in [2.24, 2.45) is 0 Å². The minimum absolute atomic E-state index is 0.0392. The van der Waals surface area contributed by atoms with Crippen LogP contribution in [0.2, 0.25) is 0 Å². The van der Waals surface area contributed by atoms with Crippen LogP contribution in [-0.4, -0.2) is 27.2 Å². The van der Waals surface area contributed by atoms with Crippen molar-refractivity contribution in [3.05, 3.63) is 50.6 Å². The van der Waals surface area contributed by atoms with Crippen molar-refractivity contribution in [3.8, 4) is 0 Å². The van der Waals surface area contributed by atoms with Crippen molar-refractivity contribution in [1.82, 2.24) is 9.55 Å². The van der Waals surface area contributed by atoms with E-state index in [9.17, 15) is 19.5 Å². The molecule has 0 unspecified atom stereocenters. The van der Waals surface area contributed by atoms with Crippen LogP contribution in [0.25, 0.3) is 10.2 Å². The zero-order valence-corrected chi connectivity index (χ0v) is 18.1. The van der Waals surface area contributed by atoms with Crippen LogP contribution in [-0.2, 0) is 4.79 Å². The number of carbonyl (C=O) groups excluding carboxylic acids is 2. The molecule has 0 bridgehead atoms. The molecule has 1 aromatic carbocycles. The Labute approximate surface area is 175 Å². The SMILES string of the molecule is Cc1sc2nc(SCC(=O)Nc3ccc(C(=O)[O-])cc3)n(C(C)C)c(=O)c2c1C. The molecule has 3 aromatic rings. The third-order valence-corrected chi connectivity index (χ3v) is 6.51. The van der Waals surface area contributed by atoms with E-state index in [1.807, 2.05) is 27.7 Å². The zero-order chi connectivity index (χ0) is 21.3. The Morgan fingerprint density at radius 3 is 2.48 bits per heavy atom. The molecule has 0 spiro atoms. The zero-order valence-electron chi connectivity index (χ0n) is 16.4. The minimum atomic E-state index is -1.27. The number of aromatic carboxylic acids is 1. The van der Waals surface area contributed by atoms with Gasteiger partial charge in [-0.25, -0.2) is 4.98 Å². The lowest BCUT2D eigenvalue weighted by atomic mass is 10.2. The fraction of sp³-hybridized carbons (Fsp3) is 0.300. The van der Waals surface area contributed by atoms with E-state index in [0.717, 1.165) is 10.4 Å².